The molecule has 2 rings (SSSR count). The number of aromatic nitrogens is 1. The number of carbonyl (C=O) groups excluding carboxylic acids is 1. The third-order valence-electron chi connectivity index (χ3n) is 2.91. The molecule has 0 aromatic carbocycles. The van der Waals surface area contributed by atoms with E-state index in [9.17, 15) is 4.79 Å². The zero-order valence-electron chi connectivity index (χ0n) is 10.7. The van der Waals surface area contributed by atoms with Gasteiger partial charge in [-0.25, -0.2) is 4.98 Å². The van der Waals surface area contributed by atoms with Crippen LogP contribution in [0.25, 0.3) is 0 Å². The molecule has 0 atom stereocenters. The normalized spacial score (nSPS) is 13.6. The van der Waals surface area contributed by atoms with Gasteiger partial charge in [-0.15, -0.1) is 0 Å². The van der Waals surface area contributed by atoms with E-state index in [0.29, 0.717) is 18.8 Å². The SMILES string of the molecule is NCC#Cc1ccc(C(=O)N(CCO)C2CC2)nc1. The minimum Gasteiger partial charge on any atom is -0.395 e. The molecular weight excluding hydrogens is 242 g/mol. The highest BCUT2D eigenvalue weighted by molar-refractivity contribution is 5.92. The maximum absolute atomic E-state index is 12.2. The number of hydrogen-bond donors (Lipinski definition) is 2. The number of pyridine rings is 1. The van der Waals surface area contributed by atoms with Crippen LogP contribution in [0.2, 0.25) is 0 Å². The lowest BCUT2D eigenvalue weighted by Crippen LogP contribution is -2.35. The van der Waals surface area contributed by atoms with Crippen molar-refractivity contribution in [1.29, 1.82) is 0 Å². The smallest absolute Gasteiger partial charge is 0.272 e. The van der Waals surface area contributed by atoms with Crippen molar-refractivity contribution >= 4 is 5.91 Å². The maximum atomic E-state index is 12.2. The van der Waals surface area contributed by atoms with E-state index in [-0.39, 0.29) is 18.6 Å². The molecule has 1 aliphatic rings. The Labute approximate surface area is 112 Å². The summed E-state index contributed by atoms with van der Waals surface area (Å²) in [5.41, 5.74) is 6.42. The lowest BCUT2D eigenvalue weighted by atomic mass is 10.2. The molecule has 1 amide bonds. The Hall–Kier alpha value is -1.90. The van der Waals surface area contributed by atoms with Crippen molar-refractivity contribution in [2.45, 2.75) is 18.9 Å². The van der Waals surface area contributed by atoms with Gasteiger partial charge in [0.15, 0.2) is 0 Å². The summed E-state index contributed by atoms with van der Waals surface area (Å²) >= 11 is 0. The number of rotatable bonds is 4. The second-order valence-corrected chi connectivity index (χ2v) is 4.39. The van der Waals surface area contributed by atoms with Crippen molar-refractivity contribution in [3.05, 3.63) is 29.6 Å². The van der Waals surface area contributed by atoms with E-state index in [1.807, 2.05) is 0 Å². The van der Waals surface area contributed by atoms with E-state index < -0.39 is 0 Å². The standard InChI is InChI=1S/C14H17N3O2/c15-7-1-2-11-3-6-13(16-10-11)14(19)17(8-9-18)12-4-5-12/h3,6,10,12,18H,4-5,7-9,15H2. The van der Waals surface area contributed by atoms with Crippen LogP contribution < -0.4 is 5.73 Å². The minimum atomic E-state index is -0.130. The van der Waals surface area contributed by atoms with Crippen molar-refractivity contribution in [3.63, 3.8) is 0 Å². The second kappa shape index (κ2) is 6.32. The topological polar surface area (TPSA) is 79.5 Å². The molecule has 5 heteroatoms. The Morgan fingerprint density at radius 2 is 2.32 bits per heavy atom. The van der Waals surface area contributed by atoms with Crippen LogP contribution in [0, 0.1) is 11.8 Å². The molecule has 0 bridgehead atoms. The number of aliphatic hydroxyl groups excluding tert-OH is 1. The summed E-state index contributed by atoms with van der Waals surface area (Å²) < 4.78 is 0. The monoisotopic (exact) mass is 259 g/mol. The van der Waals surface area contributed by atoms with Crippen LogP contribution in [0.3, 0.4) is 0 Å². The fourth-order valence-corrected chi connectivity index (χ4v) is 1.84. The molecule has 0 radical (unpaired) electrons. The summed E-state index contributed by atoms with van der Waals surface area (Å²) in [7, 11) is 0. The van der Waals surface area contributed by atoms with Gasteiger partial charge in [0, 0.05) is 24.3 Å². The van der Waals surface area contributed by atoms with Crippen LogP contribution in [-0.4, -0.2) is 46.6 Å². The van der Waals surface area contributed by atoms with Crippen molar-refractivity contribution in [1.82, 2.24) is 9.88 Å². The van der Waals surface area contributed by atoms with Crippen molar-refractivity contribution in [3.8, 4) is 11.8 Å². The lowest BCUT2D eigenvalue weighted by Gasteiger charge is -2.20. The van der Waals surface area contributed by atoms with Crippen LogP contribution in [0.5, 0.6) is 0 Å². The van der Waals surface area contributed by atoms with Crippen LogP contribution in [-0.2, 0) is 0 Å². The summed E-state index contributed by atoms with van der Waals surface area (Å²) in [5.74, 6) is 5.46. The van der Waals surface area contributed by atoms with Gasteiger partial charge in [-0.1, -0.05) is 11.8 Å². The van der Waals surface area contributed by atoms with Gasteiger partial charge in [-0.3, -0.25) is 4.79 Å². The zero-order valence-corrected chi connectivity index (χ0v) is 10.7. The summed E-state index contributed by atoms with van der Waals surface area (Å²) in [4.78, 5) is 18.1. The first-order valence-electron chi connectivity index (χ1n) is 6.33. The Kier molecular flexibility index (Phi) is 4.50. The van der Waals surface area contributed by atoms with Gasteiger partial charge in [0.2, 0.25) is 0 Å². The van der Waals surface area contributed by atoms with Crippen LogP contribution in [0.4, 0.5) is 0 Å². The quantitative estimate of drug-likeness (QED) is 0.745. The average Bonchev–Trinajstić information content (AvgIpc) is 3.27. The molecule has 0 unspecified atom stereocenters. The lowest BCUT2D eigenvalue weighted by molar-refractivity contribution is 0.0701. The second-order valence-electron chi connectivity index (χ2n) is 4.39. The average molecular weight is 259 g/mol. The molecule has 1 aromatic heterocycles. The fraction of sp³-hybridized carbons (Fsp3) is 0.429. The Bertz CT molecular complexity index is 498. The van der Waals surface area contributed by atoms with Gasteiger partial charge in [-0.05, 0) is 25.0 Å². The van der Waals surface area contributed by atoms with E-state index in [1.165, 1.54) is 0 Å². The van der Waals surface area contributed by atoms with Gasteiger partial charge in [0.25, 0.3) is 5.91 Å². The first kappa shape index (κ1) is 13.5. The highest BCUT2D eigenvalue weighted by Crippen LogP contribution is 2.27. The largest absolute Gasteiger partial charge is 0.395 e. The molecule has 1 aromatic rings. The molecule has 19 heavy (non-hydrogen) atoms. The van der Waals surface area contributed by atoms with Crippen LogP contribution in [0.15, 0.2) is 18.3 Å². The van der Waals surface area contributed by atoms with E-state index in [2.05, 4.69) is 16.8 Å². The highest BCUT2D eigenvalue weighted by Gasteiger charge is 2.32. The van der Waals surface area contributed by atoms with Gasteiger partial charge in [0.1, 0.15) is 5.69 Å². The molecule has 0 spiro atoms. The van der Waals surface area contributed by atoms with E-state index in [4.69, 9.17) is 10.8 Å². The third kappa shape index (κ3) is 3.53. The molecule has 5 nitrogen and oxygen atoms in total. The first-order chi connectivity index (χ1) is 9.26. The van der Waals surface area contributed by atoms with Crippen molar-refractivity contribution in [2.24, 2.45) is 5.73 Å². The Balaban J connectivity index is 2.09. The number of nitrogens with two attached hydrogens (primary N) is 1. The third-order valence-corrected chi connectivity index (χ3v) is 2.91. The number of aliphatic hydroxyl groups is 1. The van der Waals surface area contributed by atoms with E-state index >= 15 is 0 Å². The predicted molar refractivity (Wildman–Crippen MR) is 71.3 cm³/mol. The minimum absolute atomic E-state index is 0.0255. The van der Waals surface area contributed by atoms with Gasteiger partial charge in [0.05, 0.1) is 13.2 Å². The molecule has 1 heterocycles. The summed E-state index contributed by atoms with van der Waals surface area (Å²) in [6.45, 7) is 0.634. The molecule has 1 saturated carbocycles. The number of nitrogens with zero attached hydrogens (tertiary/aromatic N) is 2. The van der Waals surface area contributed by atoms with Crippen molar-refractivity contribution in [2.75, 3.05) is 19.7 Å². The maximum Gasteiger partial charge on any atom is 0.272 e. The Morgan fingerprint density at radius 3 is 2.84 bits per heavy atom. The van der Waals surface area contributed by atoms with Crippen LogP contribution >= 0.6 is 0 Å². The number of hydrogen-bond acceptors (Lipinski definition) is 4. The van der Waals surface area contributed by atoms with E-state index in [1.54, 1.807) is 23.2 Å². The van der Waals surface area contributed by atoms with Gasteiger partial charge in [-0.2, -0.15) is 0 Å². The van der Waals surface area contributed by atoms with Crippen molar-refractivity contribution < 1.29 is 9.90 Å². The summed E-state index contributed by atoms with van der Waals surface area (Å²) in [6, 6.07) is 3.68. The molecule has 3 N–H and O–H groups in total. The van der Waals surface area contributed by atoms with Crippen LogP contribution in [0.1, 0.15) is 28.9 Å². The molecule has 0 saturated heterocycles. The van der Waals surface area contributed by atoms with Gasteiger partial charge < -0.3 is 15.7 Å². The highest BCUT2D eigenvalue weighted by atomic mass is 16.3. The molecular formula is C14H17N3O2. The number of carbonyl (C=O) groups is 1. The first-order valence-corrected chi connectivity index (χ1v) is 6.33. The molecule has 1 aliphatic carbocycles. The molecule has 100 valence electrons. The van der Waals surface area contributed by atoms with Gasteiger partial charge >= 0.3 is 0 Å². The fourth-order valence-electron chi connectivity index (χ4n) is 1.84. The molecule has 1 fully saturated rings. The Morgan fingerprint density at radius 1 is 1.53 bits per heavy atom. The number of amides is 1. The summed E-state index contributed by atoms with van der Waals surface area (Å²) in [5, 5.41) is 9.01. The summed E-state index contributed by atoms with van der Waals surface area (Å²) in [6.07, 6.45) is 3.58. The molecule has 0 aliphatic heterocycles. The predicted octanol–water partition coefficient (Wildman–Crippen LogP) is -0.0113. The van der Waals surface area contributed by atoms with E-state index in [0.717, 1.165) is 18.4 Å². The zero-order chi connectivity index (χ0) is 13.7.